The first-order valence-electron chi connectivity index (χ1n) is 7.94. The molecule has 4 aliphatic rings. The molecule has 0 radical (unpaired) electrons. The summed E-state index contributed by atoms with van der Waals surface area (Å²) in [5, 5.41) is 0. The van der Waals surface area contributed by atoms with Crippen LogP contribution in [0, 0.1) is 17.8 Å². The second kappa shape index (κ2) is 4.80. The van der Waals surface area contributed by atoms with Crippen molar-refractivity contribution in [3.63, 3.8) is 0 Å². The van der Waals surface area contributed by atoms with Gasteiger partial charge in [-0.15, -0.1) is 0 Å². The third-order valence-corrected chi connectivity index (χ3v) is 6.41. The number of carbonyl (C=O) groups is 1. The second-order valence-corrected chi connectivity index (χ2v) is 8.31. The number of halogens is 1. The van der Waals surface area contributed by atoms with E-state index in [2.05, 4.69) is 25.8 Å². The van der Waals surface area contributed by atoms with Gasteiger partial charge in [0.1, 0.15) is 0 Å². The van der Waals surface area contributed by atoms with E-state index in [1.165, 1.54) is 38.5 Å². The Balaban J connectivity index is 1.62. The molecule has 1 aromatic rings. The number of rotatable bonds is 2. The van der Waals surface area contributed by atoms with Gasteiger partial charge in [-0.2, -0.15) is 0 Å². The monoisotopic (exact) mass is 348 g/mol. The molecule has 3 nitrogen and oxygen atoms in total. The maximum Gasteiger partial charge on any atom is 0.255 e. The fourth-order valence-corrected chi connectivity index (χ4v) is 5.78. The Hall–Kier alpha value is -0.900. The molecule has 4 heteroatoms. The van der Waals surface area contributed by atoms with E-state index in [4.69, 9.17) is 0 Å². The highest BCUT2D eigenvalue weighted by atomic mass is 79.9. The number of nitrogens with zero attached hydrogens (tertiary/aromatic N) is 2. The van der Waals surface area contributed by atoms with Crippen LogP contribution in [-0.4, -0.2) is 28.4 Å². The third-order valence-electron chi connectivity index (χ3n) is 5.97. The van der Waals surface area contributed by atoms with Gasteiger partial charge in [-0.1, -0.05) is 0 Å². The molecule has 0 spiro atoms. The Kier molecular flexibility index (Phi) is 3.14. The lowest BCUT2D eigenvalue weighted by molar-refractivity contribution is -0.0665. The van der Waals surface area contributed by atoms with Crippen molar-refractivity contribution in [3.8, 4) is 0 Å². The van der Waals surface area contributed by atoms with Crippen molar-refractivity contribution in [2.24, 2.45) is 17.8 Å². The fourth-order valence-electron chi connectivity index (χ4n) is 5.41. The van der Waals surface area contributed by atoms with E-state index < -0.39 is 0 Å². The van der Waals surface area contributed by atoms with E-state index >= 15 is 0 Å². The zero-order valence-corrected chi connectivity index (χ0v) is 14.0. The van der Waals surface area contributed by atoms with E-state index in [1.54, 1.807) is 12.4 Å². The van der Waals surface area contributed by atoms with Gasteiger partial charge in [0.25, 0.3) is 5.91 Å². The van der Waals surface area contributed by atoms with Crippen molar-refractivity contribution < 1.29 is 4.79 Å². The normalized spacial score (nSPS) is 36.8. The van der Waals surface area contributed by atoms with E-state index in [0.29, 0.717) is 5.56 Å². The summed E-state index contributed by atoms with van der Waals surface area (Å²) in [6.45, 7) is 0. The first-order chi connectivity index (χ1) is 10.1. The molecular weight excluding hydrogens is 328 g/mol. The summed E-state index contributed by atoms with van der Waals surface area (Å²) >= 11 is 3.41. The van der Waals surface area contributed by atoms with Crippen molar-refractivity contribution in [1.82, 2.24) is 9.88 Å². The molecule has 0 aromatic carbocycles. The lowest BCUT2D eigenvalue weighted by Gasteiger charge is -2.59. The molecule has 4 bridgehead atoms. The summed E-state index contributed by atoms with van der Waals surface area (Å²) in [4.78, 5) is 19.1. The number of carbonyl (C=O) groups excluding carboxylic acids is 1. The quantitative estimate of drug-likeness (QED) is 0.812. The zero-order valence-electron chi connectivity index (χ0n) is 12.4. The van der Waals surface area contributed by atoms with Crippen LogP contribution in [-0.2, 0) is 0 Å². The molecule has 0 saturated heterocycles. The van der Waals surface area contributed by atoms with Crippen LogP contribution >= 0.6 is 15.9 Å². The van der Waals surface area contributed by atoms with Gasteiger partial charge in [-0.3, -0.25) is 9.78 Å². The van der Waals surface area contributed by atoms with Crippen molar-refractivity contribution in [2.45, 2.75) is 44.1 Å². The molecule has 112 valence electrons. The van der Waals surface area contributed by atoms with Crippen LogP contribution in [0.3, 0.4) is 0 Å². The largest absolute Gasteiger partial charge is 0.336 e. The summed E-state index contributed by atoms with van der Waals surface area (Å²) in [5.41, 5.74) is 0.816. The SMILES string of the molecule is CN(C(=O)c1cncc(Br)c1)C12CC3CC(CC(C3)C1)C2. The van der Waals surface area contributed by atoms with E-state index in [9.17, 15) is 4.79 Å². The van der Waals surface area contributed by atoms with Gasteiger partial charge >= 0.3 is 0 Å². The van der Waals surface area contributed by atoms with Gasteiger partial charge < -0.3 is 4.90 Å². The first kappa shape index (κ1) is 13.7. The average Bonchev–Trinajstić information content (AvgIpc) is 2.44. The minimum atomic E-state index is 0.119. The molecule has 0 unspecified atom stereocenters. The lowest BCUT2D eigenvalue weighted by Crippen LogP contribution is -2.60. The van der Waals surface area contributed by atoms with Crippen LogP contribution in [0.5, 0.6) is 0 Å². The van der Waals surface area contributed by atoms with Gasteiger partial charge in [0, 0.05) is 29.5 Å². The molecule has 0 atom stereocenters. The number of aromatic nitrogens is 1. The summed E-state index contributed by atoms with van der Waals surface area (Å²) in [6.07, 6.45) is 11.2. The fraction of sp³-hybridized carbons (Fsp3) is 0.647. The maximum absolute atomic E-state index is 12.9. The van der Waals surface area contributed by atoms with Gasteiger partial charge in [0.15, 0.2) is 0 Å². The van der Waals surface area contributed by atoms with E-state index in [1.807, 2.05) is 13.1 Å². The summed E-state index contributed by atoms with van der Waals surface area (Å²) < 4.78 is 0.868. The molecular formula is C17H21BrN2O. The van der Waals surface area contributed by atoms with E-state index in [-0.39, 0.29) is 11.4 Å². The predicted molar refractivity (Wildman–Crippen MR) is 84.9 cm³/mol. The Labute approximate surface area is 134 Å². The van der Waals surface area contributed by atoms with Crippen LogP contribution < -0.4 is 0 Å². The molecule has 0 aliphatic heterocycles. The number of hydrogen-bond donors (Lipinski definition) is 0. The molecule has 1 heterocycles. The van der Waals surface area contributed by atoms with Gasteiger partial charge in [-0.25, -0.2) is 0 Å². The average molecular weight is 349 g/mol. The maximum atomic E-state index is 12.9. The minimum Gasteiger partial charge on any atom is -0.336 e. The number of amides is 1. The molecule has 1 aromatic heterocycles. The molecule has 1 amide bonds. The molecule has 4 aliphatic carbocycles. The summed E-state index contributed by atoms with van der Waals surface area (Å²) in [7, 11) is 2.01. The smallest absolute Gasteiger partial charge is 0.255 e. The molecule has 21 heavy (non-hydrogen) atoms. The first-order valence-corrected chi connectivity index (χ1v) is 8.74. The second-order valence-electron chi connectivity index (χ2n) is 7.40. The summed E-state index contributed by atoms with van der Waals surface area (Å²) in [6, 6.07) is 1.88. The Bertz CT molecular complexity index is 551. The topological polar surface area (TPSA) is 33.2 Å². The molecule has 4 fully saturated rings. The lowest BCUT2D eigenvalue weighted by atomic mass is 9.52. The van der Waals surface area contributed by atoms with Crippen molar-refractivity contribution >= 4 is 21.8 Å². The predicted octanol–water partition coefficient (Wildman–Crippen LogP) is 3.88. The van der Waals surface area contributed by atoms with Gasteiger partial charge in [-0.05, 0) is 78.3 Å². The zero-order chi connectivity index (χ0) is 14.6. The third kappa shape index (κ3) is 2.23. The van der Waals surface area contributed by atoms with E-state index in [0.717, 1.165) is 22.2 Å². The standard InChI is InChI=1S/C17H21BrN2O/c1-20(16(21)14-5-15(18)10-19-9-14)17-6-11-2-12(7-17)4-13(3-11)8-17/h5,9-13H,2-4,6-8H2,1H3. The highest BCUT2D eigenvalue weighted by Crippen LogP contribution is 2.57. The van der Waals surface area contributed by atoms with Crippen LogP contribution in [0.1, 0.15) is 48.9 Å². The Morgan fingerprint density at radius 3 is 2.29 bits per heavy atom. The van der Waals surface area contributed by atoms with Crippen molar-refractivity contribution in [3.05, 3.63) is 28.5 Å². The van der Waals surface area contributed by atoms with Gasteiger partial charge in [0.05, 0.1) is 5.56 Å². The molecule has 4 saturated carbocycles. The van der Waals surface area contributed by atoms with Crippen LogP contribution in [0.4, 0.5) is 0 Å². The number of pyridine rings is 1. The van der Waals surface area contributed by atoms with Gasteiger partial charge in [0.2, 0.25) is 0 Å². The van der Waals surface area contributed by atoms with Crippen molar-refractivity contribution in [1.29, 1.82) is 0 Å². The van der Waals surface area contributed by atoms with Crippen LogP contribution in [0.2, 0.25) is 0 Å². The van der Waals surface area contributed by atoms with Crippen LogP contribution in [0.15, 0.2) is 22.9 Å². The van der Waals surface area contributed by atoms with Crippen molar-refractivity contribution in [2.75, 3.05) is 7.05 Å². The summed E-state index contributed by atoms with van der Waals surface area (Å²) in [5.74, 6) is 2.69. The molecule has 0 N–H and O–H groups in total. The van der Waals surface area contributed by atoms with Crippen LogP contribution in [0.25, 0.3) is 0 Å². The Morgan fingerprint density at radius 2 is 1.76 bits per heavy atom. The highest BCUT2D eigenvalue weighted by molar-refractivity contribution is 9.10. The highest BCUT2D eigenvalue weighted by Gasteiger charge is 2.53. The number of hydrogen-bond acceptors (Lipinski definition) is 2. The Morgan fingerprint density at radius 1 is 1.19 bits per heavy atom. The molecule has 5 rings (SSSR count). The minimum absolute atomic E-state index is 0.119.